The van der Waals surface area contributed by atoms with Gasteiger partial charge in [0.15, 0.2) is 23.3 Å². The van der Waals surface area contributed by atoms with Crippen molar-refractivity contribution in [2.75, 3.05) is 5.32 Å². The third-order valence-electron chi connectivity index (χ3n) is 4.76. The summed E-state index contributed by atoms with van der Waals surface area (Å²) in [6.45, 7) is 1.32. The van der Waals surface area contributed by atoms with Crippen molar-refractivity contribution in [2.45, 2.75) is 44.6 Å². The van der Waals surface area contributed by atoms with Gasteiger partial charge in [-0.25, -0.2) is 26.7 Å². The molecule has 1 aliphatic heterocycles. The molecule has 1 amide bonds. The molecule has 26 heavy (non-hydrogen) atoms. The first kappa shape index (κ1) is 18.3. The fraction of sp³-hybridized carbons (Fsp3) is 0.412. The van der Waals surface area contributed by atoms with E-state index in [-0.39, 0.29) is 11.1 Å². The Balaban J connectivity index is 2.01. The Morgan fingerprint density at radius 2 is 1.42 bits per heavy atom. The van der Waals surface area contributed by atoms with Gasteiger partial charge < -0.3 is 10.1 Å². The Bertz CT molecular complexity index is 814. The van der Waals surface area contributed by atoms with Crippen molar-refractivity contribution in [1.29, 1.82) is 0 Å². The number of hydrogen-bond donors (Lipinski definition) is 1. The molecule has 1 aliphatic carbocycles. The third kappa shape index (κ3) is 2.65. The van der Waals surface area contributed by atoms with Crippen LogP contribution in [0.3, 0.4) is 0 Å². The van der Waals surface area contributed by atoms with Gasteiger partial charge in [0, 0.05) is 5.57 Å². The van der Waals surface area contributed by atoms with Gasteiger partial charge in [0.05, 0.1) is 5.57 Å². The second-order valence-electron chi connectivity index (χ2n) is 6.34. The monoisotopic (exact) mass is 375 g/mol. The summed E-state index contributed by atoms with van der Waals surface area (Å²) in [5.41, 5.74) is -2.87. The largest absolute Gasteiger partial charge is 0.451 e. The Morgan fingerprint density at radius 3 is 1.96 bits per heavy atom. The standard InChI is InChI=1S/C17H14F5NO3/c1-7-8(17(26-16(7)25)5-3-2-4-6-17)15(24)23-14-12(21)10(19)9(18)11(20)13(14)22/h2-6H2,1H3,(H,23,24). The van der Waals surface area contributed by atoms with Crippen LogP contribution in [0.1, 0.15) is 39.0 Å². The minimum atomic E-state index is -2.32. The first-order valence-corrected chi connectivity index (χ1v) is 7.97. The van der Waals surface area contributed by atoms with Crippen LogP contribution in [-0.2, 0) is 14.3 Å². The Hall–Kier alpha value is -2.45. The van der Waals surface area contributed by atoms with Crippen LogP contribution in [0.2, 0.25) is 0 Å². The lowest BCUT2D eigenvalue weighted by molar-refractivity contribution is -0.149. The maximum absolute atomic E-state index is 13.8. The maximum atomic E-state index is 13.8. The highest BCUT2D eigenvalue weighted by Gasteiger charge is 2.50. The van der Waals surface area contributed by atoms with Crippen molar-refractivity contribution >= 4 is 17.6 Å². The summed E-state index contributed by atoms with van der Waals surface area (Å²) in [5.74, 6) is -12.8. The predicted octanol–water partition coefficient (Wildman–Crippen LogP) is 3.90. The molecule has 0 saturated heterocycles. The number of esters is 1. The minimum absolute atomic E-state index is 0.0479. The van der Waals surface area contributed by atoms with Crippen LogP contribution in [-0.4, -0.2) is 17.5 Å². The number of nitrogens with one attached hydrogen (secondary N) is 1. The Kier molecular flexibility index (Phi) is 4.49. The van der Waals surface area contributed by atoms with Crippen molar-refractivity contribution in [1.82, 2.24) is 0 Å². The van der Waals surface area contributed by atoms with Gasteiger partial charge in [-0.05, 0) is 32.6 Å². The molecule has 0 atom stereocenters. The zero-order chi connectivity index (χ0) is 19.2. The van der Waals surface area contributed by atoms with Crippen LogP contribution in [0.5, 0.6) is 0 Å². The van der Waals surface area contributed by atoms with Crippen molar-refractivity contribution in [3.8, 4) is 0 Å². The molecule has 4 nitrogen and oxygen atoms in total. The zero-order valence-corrected chi connectivity index (χ0v) is 13.7. The summed E-state index contributed by atoms with van der Waals surface area (Å²) in [4.78, 5) is 24.5. The topological polar surface area (TPSA) is 55.4 Å². The van der Waals surface area contributed by atoms with Crippen molar-refractivity contribution in [2.24, 2.45) is 0 Å². The van der Waals surface area contributed by atoms with E-state index in [1.165, 1.54) is 6.92 Å². The van der Waals surface area contributed by atoms with Crippen LogP contribution < -0.4 is 5.32 Å². The normalized spacial score (nSPS) is 19.1. The number of ether oxygens (including phenoxy) is 1. The lowest BCUT2D eigenvalue weighted by atomic mass is 9.78. The van der Waals surface area contributed by atoms with Crippen LogP contribution >= 0.6 is 0 Å². The number of halogens is 5. The molecule has 1 N–H and O–H groups in total. The summed E-state index contributed by atoms with van der Waals surface area (Å²) in [6, 6.07) is 0. The zero-order valence-electron chi connectivity index (χ0n) is 13.7. The average Bonchev–Trinajstić information content (AvgIpc) is 2.85. The number of benzene rings is 1. The van der Waals surface area contributed by atoms with Gasteiger partial charge in [-0.1, -0.05) is 6.42 Å². The SMILES string of the molecule is CC1=C(C(=O)Nc2c(F)c(F)c(F)c(F)c2F)C2(CCCCC2)OC1=O. The van der Waals surface area contributed by atoms with E-state index >= 15 is 0 Å². The third-order valence-corrected chi connectivity index (χ3v) is 4.76. The molecular weight excluding hydrogens is 361 g/mol. The van der Waals surface area contributed by atoms with E-state index in [0.29, 0.717) is 25.7 Å². The summed E-state index contributed by atoms with van der Waals surface area (Å²) >= 11 is 0. The fourth-order valence-corrected chi connectivity index (χ4v) is 3.49. The van der Waals surface area contributed by atoms with Crippen LogP contribution in [0, 0.1) is 29.1 Å². The molecule has 1 aromatic carbocycles. The van der Waals surface area contributed by atoms with Gasteiger partial charge in [0.1, 0.15) is 11.3 Å². The average molecular weight is 375 g/mol. The molecular formula is C17H14F5NO3. The van der Waals surface area contributed by atoms with E-state index in [1.807, 2.05) is 0 Å². The summed E-state index contributed by atoms with van der Waals surface area (Å²) < 4.78 is 72.7. The van der Waals surface area contributed by atoms with E-state index in [2.05, 4.69) is 0 Å². The van der Waals surface area contributed by atoms with Crippen LogP contribution in [0.4, 0.5) is 27.6 Å². The molecule has 0 aromatic heterocycles. The highest BCUT2D eigenvalue weighted by molar-refractivity contribution is 6.12. The second kappa shape index (κ2) is 6.37. The van der Waals surface area contributed by atoms with Gasteiger partial charge in [-0.3, -0.25) is 4.79 Å². The van der Waals surface area contributed by atoms with Crippen LogP contribution in [0.15, 0.2) is 11.1 Å². The van der Waals surface area contributed by atoms with Gasteiger partial charge >= 0.3 is 5.97 Å². The number of hydrogen-bond acceptors (Lipinski definition) is 3. The first-order valence-electron chi connectivity index (χ1n) is 7.97. The van der Waals surface area contributed by atoms with Gasteiger partial charge in [0.2, 0.25) is 5.82 Å². The number of rotatable bonds is 2. The van der Waals surface area contributed by atoms with E-state index in [4.69, 9.17) is 4.74 Å². The number of carbonyl (C=O) groups excluding carboxylic acids is 2. The molecule has 1 spiro atoms. The number of amides is 1. The number of carbonyl (C=O) groups is 2. The highest BCUT2D eigenvalue weighted by atomic mass is 19.2. The molecule has 1 heterocycles. The Morgan fingerprint density at radius 1 is 0.923 bits per heavy atom. The lowest BCUT2D eigenvalue weighted by Gasteiger charge is -2.34. The quantitative estimate of drug-likeness (QED) is 0.369. The van der Waals surface area contributed by atoms with Crippen molar-refractivity contribution in [3.63, 3.8) is 0 Å². The maximum Gasteiger partial charge on any atom is 0.335 e. The second-order valence-corrected chi connectivity index (χ2v) is 6.34. The summed E-state index contributed by atoms with van der Waals surface area (Å²) in [6.07, 6.45) is 2.89. The molecule has 1 aromatic rings. The predicted molar refractivity (Wildman–Crippen MR) is 79.5 cm³/mol. The molecule has 9 heteroatoms. The van der Waals surface area contributed by atoms with E-state index < -0.39 is 52.3 Å². The Labute approximate surface area is 145 Å². The molecule has 0 bridgehead atoms. The molecule has 0 unspecified atom stereocenters. The van der Waals surface area contributed by atoms with E-state index in [0.717, 1.165) is 6.42 Å². The highest BCUT2D eigenvalue weighted by Crippen LogP contribution is 2.44. The molecule has 1 fully saturated rings. The van der Waals surface area contributed by atoms with Crippen LogP contribution in [0.25, 0.3) is 0 Å². The summed E-state index contributed by atoms with van der Waals surface area (Å²) in [7, 11) is 0. The molecule has 140 valence electrons. The fourth-order valence-electron chi connectivity index (χ4n) is 3.49. The van der Waals surface area contributed by atoms with Gasteiger partial charge in [-0.15, -0.1) is 0 Å². The van der Waals surface area contributed by atoms with Crippen molar-refractivity contribution < 1.29 is 36.3 Å². The smallest absolute Gasteiger partial charge is 0.335 e. The lowest BCUT2D eigenvalue weighted by Crippen LogP contribution is -2.39. The van der Waals surface area contributed by atoms with E-state index in [1.54, 1.807) is 5.32 Å². The molecule has 0 radical (unpaired) electrons. The molecule has 1 saturated carbocycles. The number of anilines is 1. The van der Waals surface area contributed by atoms with E-state index in [9.17, 15) is 31.5 Å². The minimum Gasteiger partial charge on any atom is -0.451 e. The van der Waals surface area contributed by atoms with Crippen molar-refractivity contribution in [3.05, 3.63) is 40.2 Å². The van der Waals surface area contributed by atoms with Gasteiger partial charge in [-0.2, -0.15) is 0 Å². The first-order chi connectivity index (χ1) is 12.2. The molecule has 3 rings (SSSR count). The molecule has 2 aliphatic rings. The van der Waals surface area contributed by atoms with Gasteiger partial charge in [0.25, 0.3) is 5.91 Å². The summed E-state index contributed by atoms with van der Waals surface area (Å²) in [5, 5.41) is 1.73.